The van der Waals surface area contributed by atoms with Crippen molar-refractivity contribution in [1.82, 2.24) is 5.32 Å². The van der Waals surface area contributed by atoms with E-state index < -0.39 is 5.60 Å². The standard InChI is InChI=1S/C13H19BrFNOS/c1-9(16-7-13(2,17)8-18-3)11-5-4-10(15)6-12(11)14/h4-6,9,16-17H,7-8H2,1-3H3. The van der Waals surface area contributed by atoms with Gasteiger partial charge in [0.25, 0.3) is 0 Å². The smallest absolute Gasteiger partial charge is 0.124 e. The van der Waals surface area contributed by atoms with Crippen LogP contribution in [-0.2, 0) is 0 Å². The van der Waals surface area contributed by atoms with Crippen molar-refractivity contribution in [2.24, 2.45) is 0 Å². The molecule has 18 heavy (non-hydrogen) atoms. The molecular formula is C13H19BrFNOS. The van der Waals surface area contributed by atoms with Crippen LogP contribution in [0.3, 0.4) is 0 Å². The number of benzene rings is 1. The van der Waals surface area contributed by atoms with E-state index in [9.17, 15) is 9.50 Å². The monoisotopic (exact) mass is 335 g/mol. The van der Waals surface area contributed by atoms with Gasteiger partial charge in [-0.25, -0.2) is 4.39 Å². The number of halogens is 2. The van der Waals surface area contributed by atoms with Gasteiger partial charge in [0.2, 0.25) is 0 Å². The Morgan fingerprint density at radius 3 is 2.78 bits per heavy atom. The molecule has 0 radical (unpaired) electrons. The first-order chi connectivity index (χ1) is 8.35. The van der Waals surface area contributed by atoms with Crippen LogP contribution in [0.25, 0.3) is 0 Å². The van der Waals surface area contributed by atoms with Crippen molar-refractivity contribution in [3.8, 4) is 0 Å². The van der Waals surface area contributed by atoms with Crippen LogP contribution in [0.4, 0.5) is 4.39 Å². The van der Waals surface area contributed by atoms with E-state index in [2.05, 4.69) is 21.2 Å². The van der Waals surface area contributed by atoms with Crippen LogP contribution >= 0.6 is 27.7 Å². The Morgan fingerprint density at radius 2 is 2.22 bits per heavy atom. The summed E-state index contributed by atoms with van der Waals surface area (Å²) in [5.74, 6) is 0.421. The molecule has 0 spiro atoms. The number of aliphatic hydroxyl groups is 1. The van der Waals surface area contributed by atoms with E-state index >= 15 is 0 Å². The summed E-state index contributed by atoms with van der Waals surface area (Å²) >= 11 is 4.96. The number of hydrogen-bond acceptors (Lipinski definition) is 3. The molecule has 0 aromatic heterocycles. The molecule has 5 heteroatoms. The Labute approximate surface area is 120 Å². The summed E-state index contributed by atoms with van der Waals surface area (Å²) in [4.78, 5) is 0. The SMILES string of the molecule is CSCC(C)(O)CNC(C)c1ccc(F)cc1Br. The zero-order chi connectivity index (χ0) is 13.8. The summed E-state index contributed by atoms with van der Waals surface area (Å²) in [6.07, 6.45) is 1.97. The van der Waals surface area contributed by atoms with Crippen molar-refractivity contribution in [3.63, 3.8) is 0 Å². The predicted molar refractivity (Wildman–Crippen MR) is 79.5 cm³/mol. The fourth-order valence-electron chi connectivity index (χ4n) is 1.70. The topological polar surface area (TPSA) is 32.3 Å². The highest BCUT2D eigenvalue weighted by Crippen LogP contribution is 2.24. The third kappa shape index (κ3) is 4.88. The Morgan fingerprint density at radius 1 is 1.56 bits per heavy atom. The molecule has 2 nitrogen and oxygen atoms in total. The van der Waals surface area contributed by atoms with Gasteiger partial charge in [0, 0.05) is 22.8 Å². The van der Waals surface area contributed by atoms with Crippen molar-refractivity contribution in [3.05, 3.63) is 34.1 Å². The first-order valence-corrected chi connectivity index (χ1v) is 7.94. The molecule has 1 aromatic rings. The summed E-state index contributed by atoms with van der Waals surface area (Å²) in [6, 6.07) is 4.69. The maximum Gasteiger partial charge on any atom is 0.124 e. The van der Waals surface area contributed by atoms with Gasteiger partial charge in [0.05, 0.1) is 5.60 Å². The fraction of sp³-hybridized carbons (Fsp3) is 0.538. The molecule has 0 bridgehead atoms. The number of hydrogen-bond donors (Lipinski definition) is 2. The Balaban J connectivity index is 2.63. The van der Waals surface area contributed by atoms with E-state index in [1.54, 1.807) is 17.8 Å². The maximum atomic E-state index is 13.0. The molecule has 0 fully saturated rings. The summed E-state index contributed by atoms with van der Waals surface area (Å²) in [7, 11) is 0. The van der Waals surface area contributed by atoms with Gasteiger partial charge in [0.15, 0.2) is 0 Å². The highest BCUT2D eigenvalue weighted by Gasteiger charge is 2.21. The lowest BCUT2D eigenvalue weighted by molar-refractivity contribution is 0.0820. The van der Waals surface area contributed by atoms with E-state index in [4.69, 9.17) is 0 Å². The van der Waals surface area contributed by atoms with Gasteiger partial charge in [-0.05, 0) is 37.8 Å². The molecule has 1 rings (SSSR count). The van der Waals surface area contributed by atoms with Gasteiger partial charge in [-0.2, -0.15) is 11.8 Å². The minimum atomic E-state index is -0.736. The third-order valence-corrected chi connectivity index (χ3v) is 4.27. The summed E-state index contributed by atoms with van der Waals surface area (Å²) in [6.45, 7) is 4.30. The van der Waals surface area contributed by atoms with Crippen LogP contribution < -0.4 is 5.32 Å². The molecule has 0 aliphatic heterocycles. The Bertz CT molecular complexity index is 401. The quantitative estimate of drug-likeness (QED) is 0.836. The second-order valence-electron chi connectivity index (χ2n) is 4.70. The van der Waals surface area contributed by atoms with Crippen LogP contribution in [0.2, 0.25) is 0 Å². The fourth-order valence-corrected chi connectivity index (χ4v) is 3.12. The van der Waals surface area contributed by atoms with E-state index in [1.165, 1.54) is 12.1 Å². The van der Waals surface area contributed by atoms with Gasteiger partial charge in [-0.15, -0.1) is 0 Å². The summed E-state index contributed by atoms with van der Waals surface area (Å²) < 4.78 is 13.7. The van der Waals surface area contributed by atoms with Gasteiger partial charge in [-0.3, -0.25) is 0 Å². The molecule has 0 aliphatic carbocycles. The van der Waals surface area contributed by atoms with E-state index in [0.29, 0.717) is 12.3 Å². The van der Waals surface area contributed by atoms with E-state index in [0.717, 1.165) is 10.0 Å². The van der Waals surface area contributed by atoms with Gasteiger partial charge in [0.1, 0.15) is 5.82 Å². The molecule has 2 atom stereocenters. The lowest BCUT2D eigenvalue weighted by atomic mass is 10.1. The molecule has 0 saturated carbocycles. The molecule has 2 N–H and O–H groups in total. The maximum absolute atomic E-state index is 13.0. The largest absolute Gasteiger partial charge is 0.388 e. The highest BCUT2D eigenvalue weighted by atomic mass is 79.9. The number of rotatable bonds is 6. The second-order valence-corrected chi connectivity index (χ2v) is 6.42. The van der Waals surface area contributed by atoms with Gasteiger partial charge >= 0.3 is 0 Å². The lowest BCUT2D eigenvalue weighted by Crippen LogP contribution is -2.40. The van der Waals surface area contributed by atoms with Crippen molar-refractivity contribution in [2.45, 2.75) is 25.5 Å². The molecule has 0 aliphatic rings. The zero-order valence-electron chi connectivity index (χ0n) is 10.8. The predicted octanol–water partition coefficient (Wildman–Crippen LogP) is 3.35. The van der Waals surface area contributed by atoms with Crippen molar-refractivity contribution < 1.29 is 9.50 Å². The van der Waals surface area contributed by atoms with Crippen LogP contribution in [0, 0.1) is 5.82 Å². The van der Waals surface area contributed by atoms with Crippen molar-refractivity contribution in [2.75, 3.05) is 18.6 Å². The molecule has 1 aromatic carbocycles. The molecule has 0 amide bonds. The van der Waals surface area contributed by atoms with Crippen LogP contribution in [0.5, 0.6) is 0 Å². The van der Waals surface area contributed by atoms with Crippen LogP contribution in [0.1, 0.15) is 25.5 Å². The van der Waals surface area contributed by atoms with Crippen LogP contribution in [-0.4, -0.2) is 29.3 Å². The zero-order valence-corrected chi connectivity index (χ0v) is 13.2. The van der Waals surface area contributed by atoms with E-state index in [-0.39, 0.29) is 11.9 Å². The minimum absolute atomic E-state index is 0.0494. The average Bonchev–Trinajstić information content (AvgIpc) is 2.26. The van der Waals surface area contributed by atoms with E-state index in [1.807, 2.05) is 20.1 Å². The normalized spacial score (nSPS) is 16.3. The first-order valence-electron chi connectivity index (χ1n) is 5.75. The summed E-state index contributed by atoms with van der Waals surface area (Å²) in [5.41, 5.74) is 0.247. The average molecular weight is 336 g/mol. The minimum Gasteiger partial charge on any atom is -0.388 e. The van der Waals surface area contributed by atoms with Crippen LogP contribution in [0.15, 0.2) is 22.7 Å². The highest BCUT2D eigenvalue weighted by molar-refractivity contribution is 9.10. The second kappa shape index (κ2) is 6.89. The Hall–Kier alpha value is -0.100. The third-order valence-electron chi connectivity index (χ3n) is 2.67. The van der Waals surface area contributed by atoms with Crippen molar-refractivity contribution >= 4 is 27.7 Å². The molecule has 0 saturated heterocycles. The molecule has 2 unspecified atom stereocenters. The summed E-state index contributed by atoms with van der Waals surface area (Å²) in [5, 5.41) is 13.3. The Kier molecular flexibility index (Phi) is 6.11. The van der Waals surface area contributed by atoms with Crippen molar-refractivity contribution in [1.29, 1.82) is 0 Å². The first kappa shape index (κ1) is 16.0. The van der Waals surface area contributed by atoms with Gasteiger partial charge in [-0.1, -0.05) is 22.0 Å². The lowest BCUT2D eigenvalue weighted by Gasteiger charge is -2.25. The molecular weight excluding hydrogens is 317 g/mol. The molecule has 0 heterocycles. The number of nitrogens with one attached hydrogen (secondary N) is 1. The van der Waals surface area contributed by atoms with Gasteiger partial charge < -0.3 is 10.4 Å². The molecule has 102 valence electrons. The number of thioether (sulfide) groups is 1.